The number of hydrogen-bond donors (Lipinski definition) is 2. The number of rotatable bonds is 3. The van der Waals surface area contributed by atoms with E-state index >= 15 is 0 Å². The van der Waals surface area contributed by atoms with Crippen molar-refractivity contribution in [3.05, 3.63) is 0 Å². The van der Waals surface area contributed by atoms with E-state index in [4.69, 9.17) is 15.1 Å². The molecule has 0 spiro atoms. The number of carboxylic acids is 1. The van der Waals surface area contributed by atoms with Crippen LogP contribution in [0.2, 0.25) is 0 Å². The van der Waals surface area contributed by atoms with E-state index in [1.807, 2.05) is 6.07 Å². The maximum atomic E-state index is 10.7. The standard InChI is InChI=1S/C9H14N2O4/c1-9(14,8(12)13)6-11-2-3-15-7(4-10)5-11/h7,14H,2-3,5-6H2,1H3,(H,12,13). The van der Waals surface area contributed by atoms with Gasteiger partial charge in [0.25, 0.3) is 0 Å². The quantitative estimate of drug-likeness (QED) is 0.629. The molecule has 0 saturated carbocycles. The number of hydrogen-bond acceptors (Lipinski definition) is 5. The molecule has 0 bridgehead atoms. The van der Waals surface area contributed by atoms with E-state index < -0.39 is 17.7 Å². The molecule has 2 atom stereocenters. The van der Waals surface area contributed by atoms with Gasteiger partial charge in [-0.15, -0.1) is 0 Å². The van der Waals surface area contributed by atoms with Crippen LogP contribution in [0.25, 0.3) is 0 Å². The first-order valence-electron chi connectivity index (χ1n) is 4.65. The van der Waals surface area contributed by atoms with Gasteiger partial charge in [0.05, 0.1) is 12.7 Å². The lowest BCUT2D eigenvalue weighted by molar-refractivity contribution is -0.159. The van der Waals surface area contributed by atoms with Crippen molar-refractivity contribution < 1.29 is 19.7 Å². The second kappa shape index (κ2) is 4.57. The van der Waals surface area contributed by atoms with E-state index in [9.17, 15) is 9.90 Å². The van der Waals surface area contributed by atoms with Gasteiger partial charge in [-0.05, 0) is 6.92 Å². The Labute approximate surface area is 87.7 Å². The van der Waals surface area contributed by atoms with E-state index in [1.165, 1.54) is 6.92 Å². The van der Waals surface area contributed by atoms with Gasteiger partial charge in [-0.3, -0.25) is 4.90 Å². The number of nitrogens with zero attached hydrogens (tertiary/aromatic N) is 2. The highest BCUT2D eigenvalue weighted by molar-refractivity contribution is 5.76. The van der Waals surface area contributed by atoms with Crippen molar-refractivity contribution in [3.63, 3.8) is 0 Å². The molecule has 6 nitrogen and oxygen atoms in total. The van der Waals surface area contributed by atoms with E-state index in [2.05, 4.69) is 0 Å². The van der Waals surface area contributed by atoms with Gasteiger partial charge in [-0.2, -0.15) is 5.26 Å². The van der Waals surface area contributed by atoms with Crippen molar-refractivity contribution in [2.45, 2.75) is 18.6 Å². The van der Waals surface area contributed by atoms with Crippen LogP contribution >= 0.6 is 0 Å². The summed E-state index contributed by atoms with van der Waals surface area (Å²) < 4.78 is 5.10. The Morgan fingerprint density at radius 1 is 1.80 bits per heavy atom. The Morgan fingerprint density at radius 2 is 2.47 bits per heavy atom. The average molecular weight is 214 g/mol. The van der Waals surface area contributed by atoms with Crippen LogP contribution in [0.3, 0.4) is 0 Å². The van der Waals surface area contributed by atoms with Gasteiger partial charge in [0.15, 0.2) is 11.7 Å². The fourth-order valence-corrected chi connectivity index (χ4v) is 1.43. The number of nitriles is 1. The monoisotopic (exact) mass is 214 g/mol. The van der Waals surface area contributed by atoms with Crippen molar-refractivity contribution in [2.24, 2.45) is 0 Å². The molecule has 1 heterocycles. The molecule has 6 heteroatoms. The molecule has 1 rings (SSSR count). The van der Waals surface area contributed by atoms with E-state index in [-0.39, 0.29) is 6.54 Å². The Morgan fingerprint density at radius 3 is 3.00 bits per heavy atom. The molecule has 15 heavy (non-hydrogen) atoms. The van der Waals surface area contributed by atoms with Crippen LogP contribution < -0.4 is 0 Å². The molecular weight excluding hydrogens is 200 g/mol. The predicted molar refractivity (Wildman–Crippen MR) is 50.1 cm³/mol. The molecule has 0 aromatic carbocycles. The first-order chi connectivity index (χ1) is 6.95. The number of β-amino-alcohol motifs (C(OH)–C–C–N with tert-alkyl or cyclic N) is 1. The summed E-state index contributed by atoms with van der Waals surface area (Å²) in [5.41, 5.74) is -1.78. The van der Waals surface area contributed by atoms with Crippen molar-refractivity contribution in [1.29, 1.82) is 5.26 Å². The van der Waals surface area contributed by atoms with Gasteiger partial charge < -0.3 is 14.9 Å². The molecule has 0 aromatic rings. The van der Waals surface area contributed by atoms with Crippen LogP contribution in [0.4, 0.5) is 0 Å². The largest absolute Gasteiger partial charge is 0.479 e. The second-order valence-electron chi connectivity index (χ2n) is 3.80. The second-order valence-corrected chi connectivity index (χ2v) is 3.80. The lowest BCUT2D eigenvalue weighted by Crippen LogP contribution is -2.51. The third-order valence-electron chi connectivity index (χ3n) is 2.29. The van der Waals surface area contributed by atoms with Crippen molar-refractivity contribution >= 4 is 5.97 Å². The Bertz CT molecular complexity index is 284. The molecule has 84 valence electrons. The Hall–Kier alpha value is -1.16. The van der Waals surface area contributed by atoms with Crippen molar-refractivity contribution in [1.82, 2.24) is 4.90 Å². The third-order valence-corrected chi connectivity index (χ3v) is 2.29. The Kier molecular flexibility index (Phi) is 3.63. The summed E-state index contributed by atoms with van der Waals surface area (Å²) in [5.74, 6) is -1.26. The fourth-order valence-electron chi connectivity index (χ4n) is 1.43. The highest BCUT2D eigenvalue weighted by Crippen LogP contribution is 2.11. The molecule has 1 aliphatic rings. The number of ether oxygens (including phenoxy) is 1. The lowest BCUT2D eigenvalue weighted by Gasteiger charge is -2.33. The first-order valence-corrected chi connectivity index (χ1v) is 4.65. The van der Waals surface area contributed by atoms with Gasteiger partial charge in [-0.25, -0.2) is 4.79 Å². The number of carboxylic acid groups (broad SMARTS) is 1. The minimum atomic E-state index is -1.78. The summed E-state index contributed by atoms with van der Waals surface area (Å²) in [4.78, 5) is 12.4. The topological polar surface area (TPSA) is 93.8 Å². The SMILES string of the molecule is CC(O)(CN1CCOC(C#N)C1)C(=O)O. The molecule has 0 radical (unpaired) electrons. The van der Waals surface area contributed by atoms with Gasteiger partial charge >= 0.3 is 5.97 Å². The zero-order valence-electron chi connectivity index (χ0n) is 8.51. The summed E-state index contributed by atoms with van der Waals surface area (Å²) in [6.07, 6.45) is -0.539. The van der Waals surface area contributed by atoms with Gasteiger partial charge in [0, 0.05) is 19.6 Å². The van der Waals surface area contributed by atoms with Crippen molar-refractivity contribution in [3.8, 4) is 6.07 Å². The number of morpholine rings is 1. The van der Waals surface area contributed by atoms with Crippen molar-refractivity contribution in [2.75, 3.05) is 26.2 Å². The minimum Gasteiger partial charge on any atom is -0.479 e. The highest BCUT2D eigenvalue weighted by atomic mass is 16.5. The maximum Gasteiger partial charge on any atom is 0.336 e. The molecule has 0 aromatic heterocycles. The van der Waals surface area contributed by atoms with Crippen LogP contribution in [0, 0.1) is 11.3 Å². The minimum absolute atomic E-state index is 0.00384. The summed E-state index contributed by atoms with van der Waals surface area (Å²) >= 11 is 0. The molecule has 2 N–H and O–H groups in total. The molecule has 2 unspecified atom stereocenters. The smallest absolute Gasteiger partial charge is 0.336 e. The normalized spacial score (nSPS) is 26.6. The van der Waals surface area contributed by atoms with Gasteiger partial charge in [-0.1, -0.05) is 0 Å². The lowest BCUT2D eigenvalue weighted by atomic mass is 10.1. The van der Waals surface area contributed by atoms with Gasteiger partial charge in [0.2, 0.25) is 0 Å². The molecule has 1 aliphatic heterocycles. The fraction of sp³-hybridized carbons (Fsp3) is 0.778. The van der Waals surface area contributed by atoms with Crippen LogP contribution in [0.5, 0.6) is 0 Å². The Balaban J connectivity index is 2.52. The third kappa shape index (κ3) is 3.16. The summed E-state index contributed by atoms with van der Waals surface area (Å²) in [5, 5.41) is 26.9. The van der Waals surface area contributed by atoms with Crippen LogP contribution in [-0.4, -0.2) is 59.0 Å². The van der Waals surface area contributed by atoms with Gasteiger partial charge in [0.1, 0.15) is 0 Å². The first kappa shape index (κ1) is 11.9. The maximum absolute atomic E-state index is 10.7. The highest BCUT2D eigenvalue weighted by Gasteiger charge is 2.34. The summed E-state index contributed by atoms with van der Waals surface area (Å²) in [6, 6.07) is 1.96. The van der Waals surface area contributed by atoms with Crippen LogP contribution in [0.15, 0.2) is 0 Å². The summed E-state index contributed by atoms with van der Waals surface area (Å²) in [7, 11) is 0. The van der Waals surface area contributed by atoms with E-state index in [0.29, 0.717) is 19.7 Å². The van der Waals surface area contributed by atoms with Crippen LogP contribution in [0.1, 0.15) is 6.92 Å². The molecule has 0 aliphatic carbocycles. The average Bonchev–Trinajstić information content (AvgIpc) is 2.17. The molecular formula is C9H14N2O4. The molecule has 1 fully saturated rings. The molecule has 0 amide bonds. The van der Waals surface area contributed by atoms with Crippen LogP contribution in [-0.2, 0) is 9.53 Å². The summed E-state index contributed by atoms with van der Waals surface area (Å²) in [6.45, 7) is 2.49. The number of aliphatic carboxylic acids is 1. The molecule has 1 saturated heterocycles. The van der Waals surface area contributed by atoms with E-state index in [1.54, 1.807) is 4.90 Å². The number of aliphatic hydroxyl groups is 1. The predicted octanol–water partition coefficient (Wildman–Crippen LogP) is -0.954. The zero-order chi connectivity index (χ0) is 11.5. The zero-order valence-corrected chi connectivity index (χ0v) is 8.51. The van der Waals surface area contributed by atoms with E-state index in [0.717, 1.165) is 0 Å². The number of carbonyl (C=O) groups is 1.